The van der Waals surface area contributed by atoms with E-state index in [4.69, 9.17) is 4.74 Å². The topological polar surface area (TPSA) is 24.5 Å². The van der Waals surface area contributed by atoms with E-state index in [-0.39, 0.29) is 0 Å². The molecule has 3 unspecified atom stereocenters. The molecule has 1 saturated carbocycles. The standard InChI is InChI=1S/C15H28N2O/c1-2-6-15-14(5-1)17(10-11-18-15)9-7-13-4-3-8-16-12-13/h13-16H,1-12H2. The van der Waals surface area contributed by atoms with Crippen LogP contribution < -0.4 is 5.32 Å². The summed E-state index contributed by atoms with van der Waals surface area (Å²) in [6.07, 6.45) is 10.2. The van der Waals surface area contributed by atoms with E-state index in [0.29, 0.717) is 6.10 Å². The summed E-state index contributed by atoms with van der Waals surface area (Å²) in [6, 6.07) is 0.740. The van der Waals surface area contributed by atoms with Crippen LogP contribution in [-0.4, -0.2) is 49.8 Å². The van der Waals surface area contributed by atoms with Gasteiger partial charge in [-0.2, -0.15) is 0 Å². The van der Waals surface area contributed by atoms with E-state index in [2.05, 4.69) is 10.2 Å². The maximum atomic E-state index is 5.95. The molecule has 3 atom stereocenters. The van der Waals surface area contributed by atoms with Gasteiger partial charge in [-0.3, -0.25) is 4.90 Å². The van der Waals surface area contributed by atoms with Crippen LogP contribution in [0.5, 0.6) is 0 Å². The minimum atomic E-state index is 0.553. The molecule has 3 nitrogen and oxygen atoms in total. The van der Waals surface area contributed by atoms with Crippen LogP contribution in [0.2, 0.25) is 0 Å². The Balaban J connectivity index is 1.48. The van der Waals surface area contributed by atoms with Gasteiger partial charge in [-0.1, -0.05) is 12.8 Å². The van der Waals surface area contributed by atoms with Crippen LogP contribution in [0.4, 0.5) is 0 Å². The maximum Gasteiger partial charge on any atom is 0.0730 e. The fraction of sp³-hybridized carbons (Fsp3) is 1.00. The van der Waals surface area contributed by atoms with Crippen molar-refractivity contribution in [1.82, 2.24) is 10.2 Å². The predicted octanol–water partition coefficient (Wildman–Crippen LogP) is 2.02. The number of fused-ring (bicyclic) bond motifs is 1. The molecule has 0 aromatic rings. The molecule has 1 aliphatic carbocycles. The second kappa shape index (κ2) is 6.36. The van der Waals surface area contributed by atoms with Crippen molar-refractivity contribution in [3.63, 3.8) is 0 Å². The lowest BCUT2D eigenvalue weighted by Crippen LogP contribution is -2.53. The Morgan fingerprint density at radius 1 is 1.11 bits per heavy atom. The molecule has 3 fully saturated rings. The number of nitrogens with zero attached hydrogens (tertiary/aromatic N) is 1. The summed E-state index contributed by atoms with van der Waals surface area (Å²) in [5.74, 6) is 0.920. The third kappa shape index (κ3) is 3.06. The average molecular weight is 252 g/mol. The minimum Gasteiger partial charge on any atom is -0.375 e. The molecule has 1 N–H and O–H groups in total. The van der Waals surface area contributed by atoms with Crippen LogP contribution in [0.25, 0.3) is 0 Å². The molecule has 0 radical (unpaired) electrons. The molecule has 0 aromatic carbocycles. The number of hydrogen-bond donors (Lipinski definition) is 1. The van der Waals surface area contributed by atoms with Gasteiger partial charge < -0.3 is 10.1 Å². The van der Waals surface area contributed by atoms with E-state index < -0.39 is 0 Å². The van der Waals surface area contributed by atoms with Crippen molar-refractivity contribution in [2.75, 3.05) is 32.8 Å². The van der Waals surface area contributed by atoms with Gasteiger partial charge in [-0.25, -0.2) is 0 Å². The van der Waals surface area contributed by atoms with Gasteiger partial charge in [0, 0.05) is 12.6 Å². The Morgan fingerprint density at radius 2 is 2.06 bits per heavy atom. The summed E-state index contributed by atoms with van der Waals surface area (Å²) in [6.45, 7) is 5.92. The zero-order chi connectivity index (χ0) is 12.2. The zero-order valence-electron chi connectivity index (χ0n) is 11.6. The van der Waals surface area contributed by atoms with Gasteiger partial charge in [0.2, 0.25) is 0 Å². The first-order valence-electron chi connectivity index (χ1n) is 8.00. The molecule has 104 valence electrons. The van der Waals surface area contributed by atoms with E-state index in [0.717, 1.165) is 18.6 Å². The van der Waals surface area contributed by atoms with Crippen molar-refractivity contribution >= 4 is 0 Å². The SMILES string of the molecule is C1CNCC(CCN2CCOC3CCCCC32)C1. The molecule has 18 heavy (non-hydrogen) atoms. The van der Waals surface area contributed by atoms with Crippen molar-refractivity contribution in [3.8, 4) is 0 Å². The number of hydrogen-bond acceptors (Lipinski definition) is 3. The molecule has 0 amide bonds. The summed E-state index contributed by atoms with van der Waals surface area (Å²) in [4.78, 5) is 2.74. The lowest BCUT2D eigenvalue weighted by atomic mass is 9.89. The van der Waals surface area contributed by atoms with Crippen molar-refractivity contribution < 1.29 is 4.74 Å². The van der Waals surface area contributed by atoms with Gasteiger partial charge in [0.25, 0.3) is 0 Å². The van der Waals surface area contributed by atoms with Crippen LogP contribution in [0.1, 0.15) is 44.9 Å². The highest BCUT2D eigenvalue weighted by Crippen LogP contribution is 2.29. The summed E-state index contributed by atoms with van der Waals surface area (Å²) in [5, 5.41) is 3.54. The first-order chi connectivity index (χ1) is 8.93. The molecule has 3 rings (SSSR count). The third-order valence-corrected chi connectivity index (χ3v) is 5.07. The van der Waals surface area contributed by atoms with Crippen LogP contribution >= 0.6 is 0 Å². The largest absolute Gasteiger partial charge is 0.375 e. The lowest BCUT2D eigenvalue weighted by Gasteiger charge is -2.44. The first-order valence-corrected chi connectivity index (χ1v) is 8.00. The van der Waals surface area contributed by atoms with Gasteiger partial charge in [0.1, 0.15) is 0 Å². The Kier molecular flexibility index (Phi) is 4.55. The Bertz CT molecular complexity index is 251. The van der Waals surface area contributed by atoms with Crippen molar-refractivity contribution in [2.24, 2.45) is 5.92 Å². The predicted molar refractivity (Wildman–Crippen MR) is 73.8 cm³/mol. The maximum absolute atomic E-state index is 5.95. The molecule has 2 aliphatic heterocycles. The highest BCUT2D eigenvalue weighted by molar-refractivity contribution is 4.87. The normalized spacial score (nSPS) is 38.3. The highest BCUT2D eigenvalue weighted by atomic mass is 16.5. The number of nitrogens with one attached hydrogen (secondary N) is 1. The average Bonchev–Trinajstić information content (AvgIpc) is 2.46. The van der Waals surface area contributed by atoms with Crippen LogP contribution in [0.3, 0.4) is 0 Å². The van der Waals surface area contributed by atoms with Crippen LogP contribution in [0.15, 0.2) is 0 Å². The second-order valence-corrected chi connectivity index (χ2v) is 6.30. The number of rotatable bonds is 3. The Morgan fingerprint density at radius 3 is 2.94 bits per heavy atom. The van der Waals surface area contributed by atoms with Gasteiger partial charge in [-0.15, -0.1) is 0 Å². The molecular formula is C15H28N2O. The van der Waals surface area contributed by atoms with Crippen molar-refractivity contribution in [1.29, 1.82) is 0 Å². The van der Waals surface area contributed by atoms with E-state index in [1.807, 2.05) is 0 Å². The molecule has 3 aliphatic rings. The van der Waals surface area contributed by atoms with E-state index in [1.54, 1.807) is 0 Å². The molecule has 2 saturated heterocycles. The van der Waals surface area contributed by atoms with E-state index >= 15 is 0 Å². The second-order valence-electron chi connectivity index (χ2n) is 6.30. The zero-order valence-corrected chi connectivity index (χ0v) is 11.6. The first kappa shape index (κ1) is 12.9. The minimum absolute atomic E-state index is 0.553. The molecule has 2 heterocycles. The van der Waals surface area contributed by atoms with Gasteiger partial charge in [-0.05, 0) is 57.7 Å². The molecular weight excluding hydrogens is 224 g/mol. The fourth-order valence-electron chi connectivity index (χ4n) is 3.97. The Labute approximate surface area is 111 Å². The summed E-state index contributed by atoms with van der Waals surface area (Å²) in [7, 11) is 0. The van der Waals surface area contributed by atoms with E-state index in [9.17, 15) is 0 Å². The van der Waals surface area contributed by atoms with Gasteiger partial charge in [0.15, 0.2) is 0 Å². The summed E-state index contributed by atoms with van der Waals surface area (Å²) < 4.78 is 5.95. The summed E-state index contributed by atoms with van der Waals surface area (Å²) in [5.41, 5.74) is 0. The number of morpholine rings is 1. The fourth-order valence-corrected chi connectivity index (χ4v) is 3.97. The number of piperidine rings is 1. The van der Waals surface area contributed by atoms with Crippen LogP contribution in [-0.2, 0) is 4.74 Å². The van der Waals surface area contributed by atoms with Gasteiger partial charge >= 0.3 is 0 Å². The Hall–Kier alpha value is -0.120. The molecule has 0 spiro atoms. The van der Waals surface area contributed by atoms with Crippen molar-refractivity contribution in [2.45, 2.75) is 57.1 Å². The molecule has 0 aromatic heterocycles. The quantitative estimate of drug-likeness (QED) is 0.831. The number of ether oxygens (including phenoxy) is 1. The molecule has 0 bridgehead atoms. The van der Waals surface area contributed by atoms with Crippen molar-refractivity contribution in [3.05, 3.63) is 0 Å². The monoisotopic (exact) mass is 252 g/mol. The van der Waals surface area contributed by atoms with Gasteiger partial charge in [0.05, 0.1) is 12.7 Å². The highest BCUT2D eigenvalue weighted by Gasteiger charge is 2.34. The van der Waals surface area contributed by atoms with E-state index in [1.165, 1.54) is 71.1 Å². The lowest BCUT2D eigenvalue weighted by molar-refractivity contribution is -0.0892. The summed E-state index contributed by atoms with van der Waals surface area (Å²) >= 11 is 0. The molecule has 3 heteroatoms. The van der Waals surface area contributed by atoms with Crippen LogP contribution in [0, 0.1) is 5.92 Å². The smallest absolute Gasteiger partial charge is 0.0730 e. The third-order valence-electron chi connectivity index (χ3n) is 5.07.